The molecule has 1 aromatic carbocycles. The van der Waals surface area contributed by atoms with Crippen molar-refractivity contribution in [2.75, 3.05) is 0 Å². The third-order valence-electron chi connectivity index (χ3n) is 2.85. The molecule has 1 aromatic rings. The molecule has 1 unspecified atom stereocenters. The second kappa shape index (κ2) is 3.59. The second-order valence-corrected chi connectivity index (χ2v) is 3.79. The molecule has 0 saturated carbocycles. The Kier molecular flexibility index (Phi) is 2.10. The van der Waals surface area contributed by atoms with E-state index < -0.39 is 0 Å². The molecule has 3 nitrogen and oxygen atoms in total. The molecule has 0 fully saturated rings. The van der Waals surface area contributed by atoms with Crippen LogP contribution < -0.4 is 5.32 Å². The molecule has 0 saturated heterocycles. The molecule has 1 atom stereocenters. The van der Waals surface area contributed by atoms with Gasteiger partial charge in [0.15, 0.2) is 0 Å². The van der Waals surface area contributed by atoms with Crippen molar-refractivity contribution in [3.63, 3.8) is 0 Å². The minimum atomic E-state index is 0.179. The minimum Gasteiger partial charge on any atom is -0.300 e. The average Bonchev–Trinajstić information content (AvgIpc) is 2.74. The van der Waals surface area contributed by atoms with Crippen LogP contribution in [0.3, 0.4) is 0 Å². The topological polar surface area (TPSA) is 36.8 Å². The van der Waals surface area contributed by atoms with E-state index in [1.54, 1.807) is 6.20 Å². The summed E-state index contributed by atoms with van der Waals surface area (Å²) in [6, 6.07) is 9.86. The number of benzene rings is 1. The van der Waals surface area contributed by atoms with Gasteiger partial charge in [0.2, 0.25) is 0 Å². The smallest absolute Gasteiger partial charge is 0.0993 e. The van der Waals surface area contributed by atoms with Gasteiger partial charge in [-0.1, -0.05) is 30.3 Å². The van der Waals surface area contributed by atoms with Crippen LogP contribution in [0, 0.1) is 6.04 Å². The summed E-state index contributed by atoms with van der Waals surface area (Å²) in [4.78, 5) is 0. The van der Waals surface area contributed by atoms with Crippen LogP contribution in [0.25, 0.3) is 0 Å². The first-order valence-electron chi connectivity index (χ1n) is 5.19. The summed E-state index contributed by atoms with van der Waals surface area (Å²) in [6.07, 6.45) is 4.77. The van der Waals surface area contributed by atoms with Crippen molar-refractivity contribution in [2.45, 2.75) is 19.0 Å². The van der Waals surface area contributed by atoms with E-state index in [4.69, 9.17) is 0 Å². The Balaban J connectivity index is 1.90. The number of hydrogen-bond acceptors (Lipinski definition) is 3. The molecule has 0 amide bonds. The summed E-state index contributed by atoms with van der Waals surface area (Å²) < 4.78 is 0. The van der Waals surface area contributed by atoms with E-state index in [-0.39, 0.29) is 6.04 Å². The molecular weight excluding hydrogens is 186 g/mol. The van der Waals surface area contributed by atoms with E-state index in [0.29, 0.717) is 0 Å². The number of azo groups is 1. The van der Waals surface area contributed by atoms with E-state index in [1.165, 1.54) is 17.2 Å². The Hall–Kier alpha value is -1.48. The van der Waals surface area contributed by atoms with Crippen LogP contribution in [0.15, 0.2) is 46.8 Å². The number of nitrogens with zero attached hydrogens (tertiary/aromatic N) is 2. The molecule has 0 spiro atoms. The fourth-order valence-electron chi connectivity index (χ4n) is 2.10. The van der Waals surface area contributed by atoms with E-state index in [2.05, 4.69) is 45.9 Å². The maximum atomic E-state index is 4.25. The molecule has 1 radical (unpaired) electrons. The summed E-state index contributed by atoms with van der Waals surface area (Å²) in [7, 11) is 0. The highest BCUT2D eigenvalue weighted by molar-refractivity contribution is 5.44. The van der Waals surface area contributed by atoms with Crippen LogP contribution in [0.1, 0.15) is 17.5 Å². The zero-order valence-electron chi connectivity index (χ0n) is 8.35. The number of nitrogens with one attached hydrogen (secondary N) is 1. The van der Waals surface area contributed by atoms with E-state index in [1.807, 2.05) is 0 Å². The largest absolute Gasteiger partial charge is 0.300 e. The average molecular weight is 198 g/mol. The van der Waals surface area contributed by atoms with E-state index >= 15 is 0 Å². The molecule has 2 aliphatic heterocycles. The molecule has 1 N–H and O–H groups in total. The van der Waals surface area contributed by atoms with Crippen LogP contribution in [-0.2, 0) is 6.54 Å². The van der Waals surface area contributed by atoms with Gasteiger partial charge in [0.05, 0.1) is 12.1 Å². The summed E-state index contributed by atoms with van der Waals surface area (Å²) >= 11 is 0. The zero-order chi connectivity index (χ0) is 10.1. The van der Waals surface area contributed by atoms with Crippen molar-refractivity contribution in [3.8, 4) is 0 Å². The number of fused-ring (bicyclic) bond motifs is 1. The molecule has 0 aliphatic carbocycles. The van der Waals surface area contributed by atoms with Crippen molar-refractivity contribution in [1.29, 1.82) is 0 Å². The van der Waals surface area contributed by atoms with E-state index in [9.17, 15) is 0 Å². The predicted molar refractivity (Wildman–Crippen MR) is 58.0 cm³/mol. The van der Waals surface area contributed by atoms with Crippen LogP contribution >= 0.6 is 0 Å². The fourth-order valence-corrected chi connectivity index (χ4v) is 2.10. The summed E-state index contributed by atoms with van der Waals surface area (Å²) in [5, 5.41) is 11.6. The normalized spacial score (nSPS) is 24.4. The predicted octanol–water partition coefficient (Wildman–Crippen LogP) is 2.41. The van der Waals surface area contributed by atoms with Gasteiger partial charge < -0.3 is 0 Å². The van der Waals surface area contributed by atoms with Gasteiger partial charge in [-0.25, -0.2) is 0 Å². The zero-order valence-corrected chi connectivity index (χ0v) is 8.35. The van der Waals surface area contributed by atoms with Gasteiger partial charge in [-0.15, -0.1) is 0 Å². The van der Waals surface area contributed by atoms with Crippen LogP contribution in [0.4, 0.5) is 0 Å². The van der Waals surface area contributed by atoms with E-state index in [0.717, 1.165) is 13.0 Å². The monoisotopic (exact) mass is 198 g/mol. The Morgan fingerprint density at radius 3 is 3.07 bits per heavy atom. The lowest BCUT2D eigenvalue weighted by molar-refractivity contribution is 0.598. The van der Waals surface area contributed by atoms with Gasteiger partial charge in [0, 0.05) is 12.7 Å². The van der Waals surface area contributed by atoms with Crippen molar-refractivity contribution in [3.05, 3.63) is 53.7 Å². The third-order valence-corrected chi connectivity index (χ3v) is 2.85. The molecular formula is C12H12N3. The molecule has 2 heterocycles. The van der Waals surface area contributed by atoms with Crippen LogP contribution in [0.2, 0.25) is 0 Å². The molecule has 3 heteroatoms. The molecule has 75 valence electrons. The highest BCUT2D eigenvalue weighted by atomic mass is 15.1. The van der Waals surface area contributed by atoms with Crippen LogP contribution in [-0.4, -0.2) is 6.04 Å². The molecule has 0 aromatic heterocycles. The first-order valence-corrected chi connectivity index (χ1v) is 5.19. The van der Waals surface area contributed by atoms with Gasteiger partial charge in [0.1, 0.15) is 0 Å². The van der Waals surface area contributed by atoms with Gasteiger partial charge in [-0.05, 0) is 17.5 Å². The lowest BCUT2D eigenvalue weighted by Crippen LogP contribution is -2.26. The van der Waals surface area contributed by atoms with Gasteiger partial charge in [-0.2, -0.15) is 10.2 Å². The van der Waals surface area contributed by atoms with Gasteiger partial charge in [-0.3, -0.25) is 5.32 Å². The first-order chi connectivity index (χ1) is 7.45. The fraction of sp³-hybridized carbons (Fsp3) is 0.250. The summed E-state index contributed by atoms with van der Waals surface area (Å²) in [5.74, 6) is 0. The Labute approximate surface area is 88.9 Å². The maximum absolute atomic E-state index is 4.25. The van der Waals surface area contributed by atoms with Gasteiger partial charge in [0.25, 0.3) is 0 Å². The van der Waals surface area contributed by atoms with Crippen molar-refractivity contribution < 1.29 is 0 Å². The first kappa shape index (κ1) is 8.80. The Bertz CT molecular complexity index is 423. The quantitative estimate of drug-likeness (QED) is 0.739. The highest BCUT2D eigenvalue weighted by Crippen LogP contribution is 2.30. The number of rotatable bonds is 1. The SMILES string of the molecule is C1=CN=NC([C]2NCc3ccccc32)C1. The van der Waals surface area contributed by atoms with Crippen molar-refractivity contribution in [2.24, 2.45) is 10.2 Å². The lowest BCUT2D eigenvalue weighted by atomic mass is 9.97. The van der Waals surface area contributed by atoms with Gasteiger partial charge >= 0.3 is 0 Å². The Morgan fingerprint density at radius 2 is 2.20 bits per heavy atom. The Morgan fingerprint density at radius 1 is 1.27 bits per heavy atom. The second-order valence-electron chi connectivity index (χ2n) is 3.79. The van der Waals surface area contributed by atoms with Crippen molar-refractivity contribution in [1.82, 2.24) is 5.32 Å². The maximum Gasteiger partial charge on any atom is 0.0993 e. The molecule has 3 rings (SSSR count). The molecule has 2 aliphatic rings. The standard InChI is InChI=1S/C12H12N3/c1-2-5-10-9(4-1)8-13-12(10)11-6-3-7-14-15-11/h1-5,7,11,13H,6,8H2. The summed E-state index contributed by atoms with van der Waals surface area (Å²) in [6.45, 7) is 0.918. The van der Waals surface area contributed by atoms with Crippen molar-refractivity contribution >= 4 is 0 Å². The number of hydrogen-bond donors (Lipinski definition) is 1. The lowest BCUT2D eigenvalue weighted by Gasteiger charge is -2.18. The highest BCUT2D eigenvalue weighted by Gasteiger charge is 2.30. The van der Waals surface area contributed by atoms with Crippen LogP contribution in [0.5, 0.6) is 0 Å². The summed E-state index contributed by atoms with van der Waals surface area (Å²) in [5.41, 5.74) is 2.66. The molecule has 15 heavy (non-hydrogen) atoms. The third kappa shape index (κ3) is 1.49. The molecule has 0 bridgehead atoms. The minimum absolute atomic E-state index is 0.179.